The van der Waals surface area contributed by atoms with E-state index >= 15 is 0 Å². The van der Waals surface area contributed by atoms with E-state index in [1.165, 1.54) is 11.0 Å². The second-order valence-corrected chi connectivity index (χ2v) is 17.2. The number of rotatable bonds is 4. The molecule has 0 radical (unpaired) electrons. The molecule has 10 heteroatoms. The van der Waals surface area contributed by atoms with E-state index in [4.69, 9.17) is 20.8 Å². The Morgan fingerprint density at radius 3 is 2.47 bits per heavy atom. The van der Waals surface area contributed by atoms with Crippen LogP contribution in [-0.2, 0) is 14.6 Å². The Morgan fingerprint density at radius 1 is 1.28 bits per heavy atom. The molecular weight excluding hydrogens is 499 g/mol. The smallest absolute Gasteiger partial charge is 0.414 e. The predicted molar refractivity (Wildman–Crippen MR) is 141 cm³/mol. The fourth-order valence-corrected chi connectivity index (χ4v) is 5.07. The van der Waals surface area contributed by atoms with Crippen LogP contribution < -0.4 is 4.90 Å². The molecule has 1 unspecified atom stereocenters. The highest BCUT2D eigenvalue weighted by Crippen LogP contribution is 2.47. The molecule has 7 nitrogen and oxygen atoms in total. The molecule has 1 aliphatic heterocycles. The van der Waals surface area contributed by atoms with Gasteiger partial charge in [-0.15, -0.1) is 0 Å². The van der Waals surface area contributed by atoms with Crippen molar-refractivity contribution in [1.29, 1.82) is 5.26 Å². The molecule has 0 saturated carbocycles. The number of aromatic nitrogens is 2. The molecule has 0 fully saturated rings. The summed E-state index contributed by atoms with van der Waals surface area (Å²) >= 11 is 5.94. The maximum absolute atomic E-state index is 14.7. The van der Waals surface area contributed by atoms with Crippen molar-refractivity contribution in [2.45, 2.75) is 77.6 Å². The number of halogens is 2. The van der Waals surface area contributed by atoms with E-state index in [1.54, 1.807) is 26.8 Å². The molecule has 1 aromatic carbocycles. The molecule has 2 heterocycles. The summed E-state index contributed by atoms with van der Waals surface area (Å²) < 4.78 is 26.9. The lowest BCUT2D eigenvalue weighted by atomic mass is 9.83. The lowest BCUT2D eigenvalue weighted by molar-refractivity contribution is 0.0575. The second-order valence-electron chi connectivity index (χ2n) is 12.0. The topological polar surface area (TPSA) is 88.3 Å². The van der Waals surface area contributed by atoms with Crippen LogP contribution in [0.25, 0.3) is 11.3 Å². The molecule has 2 aromatic rings. The maximum atomic E-state index is 14.7. The van der Waals surface area contributed by atoms with Gasteiger partial charge in [0, 0.05) is 24.1 Å². The fraction of sp³-hybridized carbons (Fsp3) is 0.538. The van der Waals surface area contributed by atoms with Gasteiger partial charge in [0.1, 0.15) is 17.4 Å². The van der Waals surface area contributed by atoms with Crippen LogP contribution in [0.1, 0.15) is 59.6 Å². The molecule has 0 saturated heterocycles. The number of benzene rings is 1. The average Bonchev–Trinajstić information content (AvgIpc) is 3.05. The molecular formula is C26H34ClFN4O3Si. The highest BCUT2D eigenvalue weighted by molar-refractivity contribution is 6.74. The average molecular weight is 533 g/mol. The van der Waals surface area contributed by atoms with Crippen LogP contribution >= 0.6 is 11.6 Å². The van der Waals surface area contributed by atoms with E-state index in [9.17, 15) is 14.4 Å². The van der Waals surface area contributed by atoms with Gasteiger partial charge >= 0.3 is 6.09 Å². The Balaban J connectivity index is 2.19. The molecule has 3 rings (SSSR count). The highest BCUT2D eigenvalue weighted by Gasteiger charge is 2.47. The molecule has 0 spiro atoms. The van der Waals surface area contributed by atoms with Crippen molar-refractivity contribution in [3.8, 4) is 17.3 Å². The molecule has 0 aliphatic carbocycles. The van der Waals surface area contributed by atoms with Gasteiger partial charge in [0.2, 0.25) is 5.28 Å². The molecule has 36 heavy (non-hydrogen) atoms. The van der Waals surface area contributed by atoms with Crippen LogP contribution in [0, 0.1) is 17.1 Å². The fourth-order valence-electron chi connectivity index (χ4n) is 3.82. The van der Waals surface area contributed by atoms with Crippen molar-refractivity contribution < 1.29 is 18.3 Å². The summed E-state index contributed by atoms with van der Waals surface area (Å²) in [6, 6.07) is 5.45. The third-order valence-corrected chi connectivity index (χ3v) is 11.5. The summed E-state index contributed by atoms with van der Waals surface area (Å²) in [6.07, 6.45) is 0.441. The number of fused-ring (bicyclic) bond motifs is 1. The van der Waals surface area contributed by atoms with E-state index < -0.39 is 31.2 Å². The first-order chi connectivity index (χ1) is 16.4. The number of carbonyl (C=O) groups excluding carboxylic acids is 1. The molecule has 1 atom stereocenters. The summed E-state index contributed by atoms with van der Waals surface area (Å²) in [4.78, 5) is 22.5. The summed E-state index contributed by atoms with van der Waals surface area (Å²) in [5, 5.41) is 9.94. The summed E-state index contributed by atoms with van der Waals surface area (Å²) in [5.41, 5.74) is 0.290. The van der Waals surface area contributed by atoms with Crippen molar-refractivity contribution in [2.75, 3.05) is 18.1 Å². The van der Waals surface area contributed by atoms with Gasteiger partial charge in [0.05, 0.1) is 17.4 Å². The Labute approximate surface area is 218 Å². The van der Waals surface area contributed by atoms with E-state index in [0.29, 0.717) is 23.4 Å². The van der Waals surface area contributed by atoms with Crippen molar-refractivity contribution in [3.05, 3.63) is 40.6 Å². The van der Waals surface area contributed by atoms with Crippen LogP contribution in [-0.4, -0.2) is 43.1 Å². The SMILES string of the molecule is CC(C)(C)OC(=O)N1CC(C)(CO[Si](C)(C)C(C)(C)C)c2cc(-c3nc(Cl)ncc3F)cc(C#N)c21. The summed E-state index contributed by atoms with van der Waals surface area (Å²) in [5.74, 6) is -0.663. The van der Waals surface area contributed by atoms with E-state index in [2.05, 4.69) is 49.9 Å². The molecule has 0 N–H and O–H groups in total. The number of carbonyl (C=O) groups is 1. The number of hydrogen-bond acceptors (Lipinski definition) is 6. The van der Waals surface area contributed by atoms with Gasteiger partial charge in [-0.1, -0.05) is 27.7 Å². The third-order valence-electron chi connectivity index (χ3n) is 6.82. The van der Waals surface area contributed by atoms with Crippen LogP contribution in [0.2, 0.25) is 23.4 Å². The van der Waals surface area contributed by atoms with Crippen molar-refractivity contribution in [2.24, 2.45) is 0 Å². The van der Waals surface area contributed by atoms with Crippen LogP contribution in [0.3, 0.4) is 0 Å². The quantitative estimate of drug-likeness (QED) is 0.316. The lowest BCUT2D eigenvalue weighted by Gasteiger charge is -2.39. The molecule has 194 valence electrons. The standard InChI is InChI=1S/C26H34ClFN4O3Si/c1-24(2,3)35-23(33)32-14-26(7,15-34-36(8,9)25(4,5)6)18-11-16(10-17(12-29)21(18)32)20-19(28)13-30-22(27)31-20/h10-11,13H,14-15H2,1-9H3. The van der Waals surface area contributed by atoms with Gasteiger partial charge in [-0.3, -0.25) is 4.90 Å². The minimum Gasteiger partial charge on any atom is -0.443 e. The Hall–Kier alpha value is -2.54. The van der Waals surface area contributed by atoms with E-state index in [0.717, 1.165) is 6.20 Å². The first-order valence-electron chi connectivity index (χ1n) is 11.8. The van der Waals surface area contributed by atoms with Crippen molar-refractivity contribution >= 4 is 31.7 Å². The second kappa shape index (κ2) is 9.40. The molecule has 0 bridgehead atoms. The number of hydrogen-bond donors (Lipinski definition) is 0. The Morgan fingerprint density at radius 2 is 1.92 bits per heavy atom. The largest absolute Gasteiger partial charge is 0.443 e. The van der Waals surface area contributed by atoms with Crippen LogP contribution in [0.5, 0.6) is 0 Å². The van der Waals surface area contributed by atoms with E-state index in [1.807, 2.05) is 6.92 Å². The van der Waals surface area contributed by atoms with Crippen molar-refractivity contribution in [3.63, 3.8) is 0 Å². The third kappa shape index (κ3) is 5.56. The molecule has 1 aromatic heterocycles. The van der Waals surface area contributed by atoms with Gasteiger partial charge in [0.15, 0.2) is 14.1 Å². The summed E-state index contributed by atoms with van der Waals surface area (Å²) in [7, 11) is -2.14. The van der Waals surface area contributed by atoms with Gasteiger partial charge < -0.3 is 9.16 Å². The lowest BCUT2D eigenvalue weighted by Crippen LogP contribution is -2.46. The normalized spacial score (nSPS) is 18.1. The minimum absolute atomic E-state index is 0.0160. The minimum atomic E-state index is -2.14. The molecule has 1 amide bonds. The zero-order valence-corrected chi connectivity index (χ0v) is 24.2. The predicted octanol–water partition coefficient (Wildman–Crippen LogP) is 6.84. The highest BCUT2D eigenvalue weighted by atomic mass is 35.5. The van der Waals surface area contributed by atoms with Gasteiger partial charge in [0.25, 0.3) is 0 Å². The first-order valence-corrected chi connectivity index (χ1v) is 15.1. The summed E-state index contributed by atoms with van der Waals surface area (Å²) in [6.45, 7) is 18.7. The maximum Gasteiger partial charge on any atom is 0.414 e. The van der Waals surface area contributed by atoms with Crippen LogP contribution in [0.15, 0.2) is 18.3 Å². The zero-order valence-electron chi connectivity index (χ0n) is 22.4. The number of anilines is 1. The first kappa shape index (κ1) is 28.0. The Kier molecular flexibility index (Phi) is 7.32. The van der Waals surface area contributed by atoms with Crippen molar-refractivity contribution in [1.82, 2.24) is 9.97 Å². The zero-order chi connectivity index (χ0) is 27.3. The number of nitriles is 1. The number of nitrogens with zero attached hydrogens (tertiary/aromatic N) is 4. The van der Waals surface area contributed by atoms with Gasteiger partial charge in [-0.05, 0) is 68.2 Å². The molecule has 1 aliphatic rings. The monoisotopic (exact) mass is 532 g/mol. The van der Waals surface area contributed by atoms with E-state index in [-0.39, 0.29) is 28.1 Å². The number of amides is 1. The van der Waals surface area contributed by atoms with Crippen LogP contribution in [0.4, 0.5) is 14.9 Å². The Bertz CT molecular complexity index is 1230. The van der Waals surface area contributed by atoms with Gasteiger partial charge in [-0.2, -0.15) is 5.26 Å². The van der Waals surface area contributed by atoms with Gasteiger partial charge in [-0.25, -0.2) is 19.2 Å². The number of ether oxygens (including phenoxy) is 1.